The molecule has 2 heterocycles. The number of pyridine rings is 1. The lowest BCUT2D eigenvalue weighted by Crippen LogP contribution is -2.24. The van der Waals surface area contributed by atoms with E-state index in [9.17, 15) is 0 Å². The number of anilines is 2. The van der Waals surface area contributed by atoms with Gasteiger partial charge in [0.25, 0.3) is 0 Å². The highest BCUT2D eigenvalue weighted by molar-refractivity contribution is 5.68. The van der Waals surface area contributed by atoms with Gasteiger partial charge in [0.15, 0.2) is 0 Å². The Kier molecular flexibility index (Phi) is 2.76. The highest BCUT2D eigenvalue weighted by atomic mass is 15.2. The molecule has 1 aliphatic heterocycles. The molecule has 0 spiro atoms. The minimum atomic E-state index is 0.457. The Morgan fingerprint density at radius 3 is 2.83 bits per heavy atom. The lowest BCUT2D eigenvalue weighted by atomic mass is 10.1. The fourth-order valence-electron chi connectivity index (χ4n) is 2.59. The second-order valence-electron chi connectivity index (χ2n) is 4.78. The van der Waals surface area contributed by atoms with Crippen molar-refractivity contribution in [2.24, 2.45) is 5.73 Å². The number of aromatic nitrogens is 1. The van der Waals surface area contributed by atoms with Crippen LogP contribution in [0.4, 0.5) is 11.5 Å². The molecule has 0 fully saturated rings. The monoisotopic (exact) mass is 239 g/mol. The Labute approximate surface area is 107 Å². The summed E-state index contributed by atoms with van der Waals surface area (Å²) < 4.78 is 0. The highest BCUT2D eigenvalue weighted by Crippen LogP contribution is 2.36. The smallest absolute Gasteiger partial charge is 0.133 e. The summed E-state index contributed by atoms with van der Waals surface area (Å²) in [5.74, 6) is 1.00. The van der Waals surface area contributed by atoms with E-state index in [1.165, 1.54) is 11.3 Å². The summed E-state index contributed by atoms with van der Waals surface area (Å²) in [5, 5.41) is 0. The quantitative estimate of drug-likeness (QED) is 0.876. The Balaban J connectivity index is 2.00. The maximum Gasteiger partial charge on any atom is 0.133 e. The number of benzene rings is 1. The van der Waals surface area contributed by atoms with E-state index in [1.54, 1.807) is 0 Å². The second kappa shape index (κ2) is 4.42. The average molecular weight is 239 g/mol. The zero-order chi connectivity index (χ0) is 12.5. The molecule has 1 aliphatic rings. The molecule has 2 N–H and O–H groups in total. The predicted octanol–water partition coefficient (Wildman–Crippen LogP) is 2.62. The normalized spacial score (nSPS) is 17.9. The number of hydrogen-bond donors (Lipinski definition) is 1. The maximum atomic E-state index is 5.60. The van der Waals surface area contributed by atoms with E-state index in [1.807, 2.05) is 6.20 Å². The van der Waals surface area contributed by atoms with Crippen molar-refractivity contribution in [1.29, 1.82) is 0 Å². The van der Waals surface area contributed by atoms with Crippen LogP contribution in [0.5, 0.6) is 0 Å². The molecule has 0 aliphatic carbocycles. The molecular weight excluding hydrogens is 222 g/mol. The Morgan fingerprint density at radius 1 is 1.28 bits per heavy atom. The van der Waals surface area contributed by atoms with Crippen LogP contribution in [-0.4, -0.2) is 11.0 Å². The fraction of sp³-hybridized carbons (Fsp3) is 0.267. The molecule has 92 valence electrons. The summed E-state index contributed by atoms with van der Waals surface area (Å²) in [6.45, 7) is 2.78. The van der Waals surface area contributed by atoms with Crippen molar-refractivity contribution in [3.8, 4) is 0 Å². The van der Waals surface area contributed by atoms with Crippen molar-refractivity contribution in [3.05, 3.63) is 53.7 Å². The third kappa shape index (κ3) is 1.77. The van der Waals surface area contributed by atoms with Crippen molar-refractivity contribution >= 4 is 11.5 Å². The van der Waals surface area contributed by atoms with Crippen molar-refractivity contribution in [2.45, 2.75) is 25.9 Å². The number of nitrogens with two attached hydrogens (primary N) is 1. The zero-order valence-corrected chi connectivity index (χ0v) is 10.5. The van der Waals surface area contributed by atoms with Gasteiger partial charge in [0.05, 0.1) is 0 Å². The molecule has 1 aromatic carbocycles. The van der Waals surface area contributed by atoms with Crippen molar-refractivity contribution in [2.75, 3.05) is 4.90 Å². The summed E-state index contributed by atoms with van der Waals surface area (Å²) in [7, 11) is 0. The number of hydrogen-bond acceptors (Lipinski definition) is 3. The lowest BCUT2D eigenvalue weighted by Gasteiger charge is -2.23. The van der Waals surface area contributed by atoms with Gasteiger partial charge in [-0.25, -0.2) is 4.98 Å². The van der Waals surface area contributed by atoms with Crippen LogP contribution in [0.2, 0.25) is 0 Å². The minimum Gasteiger partial charge on any atom is -0.326 e. The van der Waals surface area contributed by atoms with Gasteiger partial charge in [-0.3, -0.25) is 0 Å². The van der Waals surface area contributed by atoms with E-state index in [-0.39, 0.29) is 0 Å². The van der Waals surface area contributed by atoms with E-state index in [0.717, 1.165) is 17.8 Å². The Morgan fingerprint density at radius 2 is 2.11 bits per heavy atom. The molecule has 1 atom stereocenters. The maximum absolute atomic E-state index is 5.60. The van der Waals surface area contributed by atoms with Crippen LogP contribution in [0.15, 0.2) is 42.6 Å². The summed E-state index contributed by atoms with van der Waals surface area (Å²) in [6.07, 6.45) is 2.94. The van der Waals surface area contributed by atoms with Crippen LogP contribution < -0.4 is 10.6 Å². The van der Waals surface area contributed by atoms with Crippen LogP contribution >= 0.6 is 0 Å². The summed E-state index contributed by atoms with van der Waals surface area (Å²) in [4.78, 5) is 6.83. The van der Waals surface area contributed by atoms with Crippen LogP contribution in [0.25, 0.3) is 0 Å². The molecule has 1 aromatic heterocycles. The standard InChI is InChI=1S/C15H17N3/c1-11-8-13-4-2-3-5-14(13)18(11)15-7-6-12(9-16)10-17-15/h2-7,10-11H,8-9,16H2,1H3. The highest BCUT2D eigenvalue weighted by Gasteiger charge is 2.27. The van der Waals surface area contributed by atoms with Gasteiger partial charge in [0, 0.05) is 24.5 Å². The average Bonchev–Trinajstić information content (AvgIpc) is 2.75. The van der Waals surface area contributed by atoms with Gasteiger partial charge < -0.3 is 10.6 Å². The Bertz CT molecular complexity index is 548. The zero-order valence-electron chi connectivity index (χ0n) is 10.5. The van der Waals surface area contributed by atoms with Crippen molar-refractivity contribution in [3.63, 3.8) is 0 Å². The molecule has 0 amide bonds. The molecule has 0 saturated carbocycles. The first kappa shape index (κ1) is 11.2. The first-order valence-corrected chi connectivity index (χ1v) is 6.31. The third-order valence-corrected chi connectivity index (χ3v) is 3.50. The number of para-hydroxylation sites is 1. The van der Waals surface area contributed by atoms with Crippen molar-refractivity contribution in [1.82, 2.24) is 4.98 Å². The van der Waals surface area contributed by atoms with Gasteiger partial charge >= 0.3 is 0 Å². The van der Waals surface area contributed by atoms with Crippen LogP contribution in [-0.2, 0) is 13.0 Å². The number of fused-ring (bicyclic) bond motifs is 1. The van der Waals surface area contributed by atoms with Gasteiger partial charge in [-0.1, -0.05) is 24.3 Å². The number of rotatable bonds is 2. The van der Waals surface area contributed by atoms with Gasteiger partial charge in [-0.05, 0) is 36.6 Å². The molecule has 0 bridgehead atoms. The Hall–Kier alpha value is -1.87. The first-order chi connectivity index (χ1) is 8.79. The molecule has 3 heteroatoms. The van der Waals surface area contributed by atoms with Crippen LogP contribution in [0.1, 0.15) is 18.1 Å². The van der Waals surface area contributed by atoms with Crippen molar-refractivity contribution < 1.29 is 0 Å². The summed E-state index contributed by atoms with van der Waals surface area (Å²) in [5.41, 5.74) is 9.35. The molecule has 3 rings (SSSR count). The minimum absolute atomic E-state index is 0.457. The van der Waals surface area contributed by atoms with Crippen LogP contribution in [0.3, 0.4) is 0 Å². The van der Waals surface area contributed by atoms with E-state index in [4.69, 9.17) is 5.73 Å². The molecule has 2 aromatic rings. The molecule has 3 nitrogen and oxygen atoms in total. The molecule has 1 unspecified atom stereocenters. The predicted molar refractivity (Wildman–Crippen MR) is 73.9 cm³/mol. The molecular formula is C15H17N3. The lowest BCUT2D eigenvalue weighted by molar-refractivity contribution is 0.750. The fourth-order valence-corrected chi connectivity index (χ4v) is 2.59. The van der Waals surface area contributed by atoms with E-state index in [0.29, 0.717) is 12.6 Å². The molecule has 0 saturated heterocycles. The molecule has 0 radical (unpaired) electrons. The van der Waals surface area contributed by atoms with E-state index in [2.05, 4.69) is 53.2 Å². The third-order valence-electron chi connectivity index (χ3n) is 3.50. The number of nitrogens with zero attached hydrogens (tertiary/aromatic N) is 2. The summed E-state index contributed by atoms with van der Waals surface area (Å²) >= 11 is 0. The van der Waals surface area contributed by atoms with Gasteiger partial charge in [0.1, 0.15) is 5.82 Å². The molecule has 18 heavy (non-hydrogen) atoms. The first-order valence-electron chi connectivity index (χ1n) is 6.31. The summed E-state index contributed by atoms with van der Waals surface area (Å²) in [6, 6.07) is 13.1. The van der Waals surface area contributed by atoms with Gasteiger partial charge in [-0.15, -0.1) is 0 Å². The van der Waals surface area contributed by atoms with E-state index >= 15 is 0 Å². The van der Waals surface area contributed by atoms with Gasteiger partial charge in [-0.2, -0.15) is 0 Å². The van der Waals surface area contributed by atoms with Crippen LogP contribution in [0, 0.1) is 0 Å². The van der Waals surface area contributed by atoms with Gasteiger partial charge in [0.2, 0.25) is 0 Å². The largest absolute Gasteiger partial charge is 0.326 e. The van der Waals surface area contributed by atoms with E-state index < -0.39 is 0 Å². The SMILES string of the molecule is CC1Cc2ccccc2N1c1ccc(CN)cn1. The second-order valence-corrected chi connectivity index (χ2v) is 4.78. The topological polar surface area (TPSA) is 42.1 Å².